The first-order chi connectivity index (χ1) is 11.7. The SMILES string of the molecule is CN=c1scc(-c2ccc(Br)cc2)n1N=Cc1ccc(OC)cc1. The number of halogens is 1. The predicted octanol–water partition coefficient (Wildman–Crippen LogP) is 4.40. The number of ether oxygens (including phenoxy) is 1. The van der Waals surface area contributed by atoms with Crippen molar-refractivity contribution in [3.05, 3.63) is 68.7 Å². The molecule has 0 saturated heterocycles. The number of thiazole rings is 1. The molecular formula is C18H16BrN3OS. The van der Waals surface area contributed by atoms with Gasteiger partial charge in [0.1, 0.15) is 5.75 Å². The smallest absolute Gasteiger partial charge is 0.205 e. The summed E-state index contributed by atoms with van der Waals surface area (Å²) < 4.78 is 8.09. The molecule has 1 aromatic heterocycles. The lowest BCUT2D eigenvalue weighted by Gasteiger charge is -2.04. The third-order valence-electron chi connectivity index (χ3n) is 3.45. The molecule has 24 heavy (non-hydrogen) atoms. The molecule has 0 fully saturated rings. The quantitative estimate of drug-likeness (QED) is 0.597. The molecule has 0 unspecified atom stereocenters. The average Bonchev–Trinajstić information content (AvgIpc) is 3.04. The van der Waals surface area contributed by atoms with E-state index in [2.05, 4.69) is 43.5 Å². The van der Waals surface area contributed by atoms with Crippen LogP contribution in [-0.2, 0) is 0 Å². The van der Waals surface area contributed by atoms with E-state index in [0.29, 0.717) is 0 Å². The summed E-state index contributed by atoms with van der Waals surface area (Å²) in [7, 11) is 3.43. The number of rotatable bonds is 4. The first kappa shape index (κ1) is 16.7. The largest absolute Gasteiger partial charge is 0.497 e. The molecule has 0 atom stereocenters. The molecule has 122 valence electrons. The lowest BCUT2D eigenvalue weighted by Crippen LogP contribution is -2.11. The second-order valence-electron chi connectivity index (χ2n) is 4.96. The van der Waals surface area contributed by atoms with Crippen LogP contribution < -0.4 is 9.54 Å². The minimum absolute atomic E-state index is 0.829. The van der Waals surface area contributed by atoms with Crippen molar-refractivity contribution in [2.24, 2.45) is 10.1 Å². The maximum atomic E-state index is 5.18. The minimum Gasteiger partial charge on any atom is -0.497 e. The van der Waals surface area contributed by atoms with Crippen molar-refractivity contribution in [1.82, 2.24) is 4.68 Å². The second-order valence-corrected chi connectivity index (χ2v) is 6.72. The molecule has 0 amide bonds. The summed E-state index contributed by atoms with van der Waals surface area (Å²) in [6.45, 7) is 0. The van der Waals surface area contributed by atoms with Gasteiger partial charge in [-0.2, -0.15) is 5.10 Å². The fraction of sp³-hybridized carbons (Fsp3) is 0.111. The van der Waals surface area contributed by atoms with E-state index in [1.54, 1.807) is 25.5 Å². The highest BCUT2D eigenvalue weighted by molar-refractivity contribution is 9.10. The first-order valence-corrected chi connectivity index (χ1v) is 8.96. The maximum Gasteiger partial charge on any atom is 0.205 e. The summed E-state index contributed by atoms with van der Waals surface area (Å²) in [5.74, 6) is 0.829. The lowest BCUT2D eigenvalue weighted by atomic mass is 10.2. The zero-order valence-corrected chi connectivity index (χ0v) is 15.7. The molecule has 6 heteroatoms. The Hall–Kier alpha value is -2.18. The molecule has 0 bridgehead atoms. The molecule has 0 spiro atoms. The predicted molar refractivity (Wildman–Crippen MR) is 103 cm³/mol. The van der Waals surface area contributed by atoms with Gasteiger partial charge in [0, 0.05) is 22.5 Å². The van der Waals surface area contributed by atoms with Gasteiger partial charge in [-0.3, -0.25) is 4.99 Å². The van der Waals surface area contributed by atoms with Crippen LogP contribution in [0.2, 0.25) is 0 Å². The van der Waals surface area contributed by atoms with E-state index in [-0.39, 0.29) is 0 Å². The fourth-order valence-electron chi connectivity index (χ4n) is 2.20. The van der Waals surface area contributed by atoms with E-state index in [1.165, 1.54) is 0 Å². The van der Waals surface area contributed by atoms with Crippen LogP contribution in [0.5, 0.6) is 5.75 Å². The van der Waals surface area contributed by atoms with Gasteiger partial charge < -0.3 is 4.74 Å². The molecule has 0 radical (unpaired) electrons. The minimum atomic E-state index is 0.829. The van der Waals surface area contributed by atoms with Crippen molar-refractivity contribution >= 4 is 33.5 Å². The van der Waals surface area contributed by atoms with Crippen LogP contribution in [0.3, 0.4) is 0 Å². The van der Waals surface area contributed by atoms with E-state index in [0.717, 1.165) is 31.8 Å². The normalized spacial score (nSPS) is 12.0. The van der Waals surface area contributed by atoms with Gasteiger partial charge in [-0.15, -0.1) is 11.3 Å². The molecule has 3 aromatic rings. The van der Waals surface area contributed by atoms with Gasteiger partial charge in [0.05, 0.1) is 19.0 Å². The molecule has 0 saturated carbocycles. The van der Waals surface area contributed by atoms with E-state index in [9.17, 15) is 0 Å². The van der Waals surface area contributed by atoms with Crippen molar-refractivity contribution in [2.75, 3.05) is 14.2 Å². The van der Waals surface area contributed by atoms with Crippen LogP contribution in [-0.4, -0.2) is 25.0 Å². The third-order valence-corrected chi connectivity index (χ3v) is 4.89. The Morgan fingerprint density at radius 1 is 1.08 bits per heavy atom. The van der Waals surface area contributed by atoms with E-state index >= 15 is 0 Å². The maximum absolute atomic E-state index is 5.18. The van der Waals surface area contributed by atoms with E-state index in [4.69, 9.17) is 4.74 Å². The molecular weight excluding hydrogens is 386 g/mol. The number of hydrogen-bond acceptors (Lipinski definition) is 4. The number of nitrogens with zero attached hydrogens (tertiary/aromatic N) is 3. The summed E-state index contributed by atoms with van der Waals surface area (Å²) in [5, 5.41) is 6.68. The van der Waals surface area contributed by atoms with Gasteiger partial charge in [-0.25, -0.2) is 4.68 Å². The number of methoxy groups -OCH3 is 1. The van der Waals surface area contributed by atoms with Gasteiger partial charge in [0.25, 0.3) is 0 Å². The Bertz CT molecular complexity index is 909. The number of hydrogen-bond donors (Lipinski definition) is 0. The van der Waals surface area contributed by atoms with Crippen LogP contribution in [0.25, 0.3) is 11.3 Å². The molecule has 0 aliphatic rings. The summed E-state index contributed by atoms with van der Waals surface area (Å²) in [6.07, 6.45) is 1.82. The lowest BCUT2D eigenvalue weighted by molar-refractivity contribution is 0.415. The van der Waals surface area contributed by atoms with Gasteiger partial charge in [-0.1, -0.05) is 28.1 Å². The highest BCUT2D eigenvalue weighted by Gasteiger charge is 2.06. The Labute approximate surface area is 152 Å². The first-order valence-electron chi connectivity index (χ1n) is 7.29. The van der Waals surface area contributed by atoms with Gasteiger partial charge in [-0.05, 0) is 42.0 Å². The summed E-state index contributed by atoms with van der Waals surface area (Å²) >= 11 is 5.03. The van der Waals surface area contributed by atoms with Crippen molar-refractivity contribution in [1.29, 1.82) is 0 Å². The average molecular weight is 402 g/mol. The molecule has 0 aliphatic heterocycles. The standard InChI is InChI=1S/C18H16BrN3OS/c1-20-18-22(21-11-13-3-9-16(23-2)10-4-13)17(12-24-18)14-5-7-15(19)8-6-14/h3-12H,1-2H3. The highest BCUT2D eigenvalue weighted by atomic mass is 79.9. The topological polar surface area (TPSA) is 38.9 Å². The Morgan fingerprint density at radius 2 is 1.79 bits per heavy atom. The van der Waals surface area contributed by atoms with Gasteiger partial charge >= 0.3 is 0 Å². The highest BCUT2D eigenvalue weighted by Crippen LogP contribution is 2.22. The Balaban J connectivity index is 1.98. The van der Waals surface area contributed by atoms with Crippen LogP contribution in [0.15, 0.2) is 68.5 Å². The van der Waals surface area contributed by atoms with Crippen molar-refractivity contribution in [3.8, 4) is 17.0 Å². The molecule has 2 aromatic carbocycles. The van der Waals surface area contributed by atoms with Crippen molar-refractivity contribution < 1.29 is 4.74 Å². The monoisotopic (exact) mass is 401 g/mol. The Kier molecular flexibility index (Phi) is 5.27. The molecule has 0 N–H and O–H groups in total. The zero-order chi connectivity index (χ0) is 16.9. The van der Waals surface area contributed by atoms with E-state index < -0.39 is 0 Å². The number of aromatic nitrogens is 1. The van der Waals surface area contributed by atoms with Crippen LogP contribution in [0.4, 0.5) is 0 Å². The van der Waals surface area contributed by atoms with Crippen LogP contribution >= 0.6 is 27.3 Å². The van der Waals surface area contributed by atoms with Crippen LogP contribution in [0, 0.1) is 0 Å². The second kappa shape index (κ2) is 7.59. The molecule has 4 nitrogen and oxygen atoms in total. The third kappa shape index (κ3) is 3.66. The molecule has 1 heterocycles. The zero-order valence-electron chi connectivity index (χ0n) is 13.3. The summed E-state index contributed by atoms with van der Waals surface area (Å²) in [5.41, 5.74) is 3.10. The molecule has 3 rings (SSSR count). The van der Waals surface area contributed by atoms with Crippen LogP contribution in [0.1, 0.15) is 5.56 Å². The summed E-state index contributed by atoms with van der Waals surface area (Å²) in [4.78, 5) is 5.16. The molecule has 0 aliphatic carbocycles. The van der Waals surface area contributed by atoms with Crippen molar-refractivity contribution in [2.45, 2.75) is 0 Å². The van der Waals surface area contributed by atoms with Gasteiger partial charge in [0.15, 0.2) is 0 Å². The number of benzene rings is 2. The van der Waals surface area contributed by atoms with E-state index in [1.807, 2.05) is 47.3 Å². The Morgan fingerprint density at radius 3 is 2.42 bits per heavy atom. The summed E-state index contributed by atoms with van der Waals surface area (Å²) in [6, 6.07) is 15.9. The van der Waals surface area contributed by atoms with Crippen molar-refractivity contribution in [3.63, 3.8) is 0 Å². The fourth-order valence-corrected chi connectivity index (χ4v) is 3.26. The van der Waals surface area contributed by atoms with Gasteiger partial charge in [0.2, 0.25) is 4.80 Å².